The van der Waals surface area contributed by atoms with Crippen molar-refractivity contribution in [1.82, 2.24) is 0 Å². The molecule has 2 aliphatic rings. The molecule has 90 valence electrons. The van der Waals surface area contributed by atoms with Gasteiger partial charge in [0.2, 0.25) is 0 Å². The van der Waals surface area contributed by atoms with E-state index in [4.69, 9.17) is 9.47 Å². The molecule has 1 saturated heterocycles. The van der Waals surface area contributed by atoms with Crippen molar-refractivity contribution in [3.8, 4) is 0 Å². The lowest BCUT2D eigenvalue weighted by atomic mass is 10.2. The molecule has 1 aliphatic carbocycles. The van der Waals surface area contributed by atoms with Gasteiger partial charge < -0.3 is 9.47 Å². The lowest BCUT2D eigenvalue weighted by molar-refractivity contribution is 0.0279. The Morgan fingerprint density at radius 1 is 1.41 bits per heavy atom. The van der Waals surface area contributed by atoms with Crippen molar-refractivity contribution in [2.24, 2.45) is 0 Å². The van der Waals surface area contributed by atoms with Crippen molar-refractivity contribution in [2.45, 2.75) is 17.5 Å². The second-order valence-electron chi connectivity index (χ2n) is 4.17. The first kappa shape index (κ1) is 10.9. The number of ether oxygens (including phenoxy) is 2. The number of benzene rings is 1. The van der Waals surface area contributed by atoms with E-state index < -0.39 is 15.7 Å². The quantitative estimate of drug-likeness (QED) is 0.739. The van der Waals surface area contributed by atoms with Crippen LogP contribution in [0.15, 0.2) is 30.3 Å². The Hall–Kier alpha value is -1.20. The van der Waals surface area contributed by atoms with E-state index in [1.807, 2.05) is 6.07 Å². The molecule has 3 rings (SSSR count). The van der Waals surface area contributed by atoms with Crippen LogP contribution in [-0.2, 0) is 20.3 Å². The van der Waals surface area contributed by atoms with Gasteiger partial charge >= 0.3 is 5.97 Å². The van der Waals surface area contributed by atoms with Crippen molar-refractivity contribution in [2.75, 3.05) is 12.4 Å². The van der Waals surface area contributed by atoms with Crippen molar-refractivity contribution in [1.29, 1.82) is 0 Å². The molecule has 1 unspecified atom stereocenters. The zero-order valence-corrected chi connectivity index (χ0v) is 9.94. The Kier molecular flexibility index (Phi) is 2.52. The van der Waals surface area contributed by atoms with Crippen LogP contribution < -0.4 is 0 Å². The van der Waals surface area contributed by atoms with Gasteiger partial charge in [0.05, 0.1) is 28.7 Å². The lowest BCUT2D eigenvalue weighted by Gasteiger charge is -2.08. The lowest BCUT2D eigenvalue weighted by Crippen LogP contribution is -2.22. The SMILES string of the molecule is O=C(O[C@H]1C[C@@]12OCCS2=O)c1ccccc1. The molecular weight excluding hydrogens is 240 g/mol. The highest BCUT2D eigenvalue weighted by Crippen LogP contribution is 2.48. The molecule has 2 fully saturated rings. The third-order valence-corrected chi connectivity index (χ3v) is 4.92. The minimum atomic E-state index is -1.02. The van der Waals surface area contributed by atoms with Gasteiger partial charge in [-0.2, -0.15) is 0 Å². The van der Waals surface area contributed by atoms with Gasteiger partial charge in [0.25, 0.3) is 0 Å². The minimum absolute atomic E-state index is 0.349. The fourth-order valence-corrected chi connectivity index (χ4v) is 3.50. The van der Waals surface area contributed by atoms with Gasteiger partial charge in [-0.05, 0) is 12.1 Å². The molecule has 1 heterocycles. The Morgan fingerprint density at radius 2 is 2.18 bits per heavy atom. The summed E-state index contributed by atoms with van der Waals surface area (Å²) in [6, 6.07) is 8.80. The molecule has 4 nitrogen and oxygen atoms in total. The zero-order valence-electron chi connectivity index (χ0n) is 9.13. The van der Waals surface area contributed by atoms with Crippen molar-refractivity contribution >= 4 is 16.8 Å². The van der Waals surface area contributed by atoms with E-state index in [1.165, 1.54) is 0 Å². The number of hydrogen-bond donors (Lipinski definition) is 0. The summed E-state index contributed by atoms with van der Waals surface area (Å²) in [5, 5.41) is 0. The molecular formula is C12H12O4S. The Morgan fingerprint density at radius 3 is 2.82 bits per heavy atom. The van der Waals surface area contributed by atoms with E-state index >= 15 is 0 Å². The topological polar surface area (TPSA) is 52.6 Å². The molecule has 1 saturated carbocycles. The summed E-state index contributed by atoms with van der Waals surface area (Å²) in [5.74, 6) is 0.166. The summed E-state index contributed by atoms with van der Waals surface area (Å²) in [6.07, 6.45) is 0.205. The monoisotopic (exact) mass is 252 g/mol. The number of hydrogen-bond acceptors (Lipinski definition) is 4. The van der Waals surface area contributed by atoms with Crippen LogP contribution in [0.3, 0.4) is 0 Å². The summed E-state index contributed by atoms with van der Waals surface area (Å²) in [7, 11) is -1.02. The average molecular weight is 252 g/mol. The largest absolute Gasteiger partial charge is 0.454 e. The Labute approximate surface area is 101 Å². The molecule has 1 aliphatic heterocycles. The Balaban J connectivity index is 1.67. The highest BCUT2D eigenvalue weighted by atomic mass is 32.2. The molecule has 3 atom stereocenters. The van der Waals surface area contributed by atoms with E-state index in [-0.39, 0.29) is 12.1 Å². The number of esters is 1. The average Bonchev–Trinajstić information content (AvgIpc) is 2.91. The molecule has 1 aromatic rings. The van der Waals surface area contributed by atoms with Crippen molar-refractivity contribution in [3.63, 3.8) is 0 Å². The summed E-state index contributed by atoms with van der Waals surface area (Å²) < 4.78 is 22.4. The van der Waals surface area contributed by atoms with E-state index in [1.54, 1.807) is 24.3 Å². The summed E-state index contributed by atoms with van der Waals surface area (Å²) in [5.41, 5.74) is 0.512. The van der Waals surface area contributed by atoms with Gasteiger partial charge in [0.1, 0.15) is 6.10 Å². The summed E-state index contributed by atoms with van der Waals surface area (Å²) >= 11 is 0. The van der Waals surface area contributed by atoms with Crippen molar-refractivity contribution < 1.29 is 18.5 Å². The molecule has 5 heteroatoms. The minimum Gasteiger partial charge on any atom is -0.454 e. The first-order chi connectivity index (χ1) is 8.22. The van der Waals surface area contributed by atoms with Crippen LogP contribution in [0.25, 0.3) is 0 Å². The van der Waals surface area contributed by atoms with Crippen LogP contribution in [0.2, 0.25) is 0 Å². The summed E-state index contributed by atoms with van der Waals surface area (Å²) in [6.45, 7) is 0.492. The van der Waals surface area contributed by atoms with Crippen LogP contribution in [-0.4, -0.2) is 33.6 Å². The third kappa shape index (κ3) is 1.79. The molecule has 1 spiro atoms. The molecule has 17 heavy (non-hydrogen) atoms. The van der Waals surface area contributed by atoms with Crippen LogP contribution >= 0.6 is 0 Å². The normalized spacial score (nSPS) is 34.8. The predicted octanol–water partition coefficient (Wildman–Crippen LogP) is 1.09. The van der Waals surface area contributed by atoms with Crippen LogP contribution in [0.4, 0.5) is 0 Å². The van der Waals surface area contributed by atoms with Crippen LogP contribution in [0.1, 0.15) is 16.8 Å². The zero-order chi connectivity index (χ0) is 11.9. The number of carbonyl (C=O) groups is 1. The number of carbonyl (C=O) groups excluding carboxylic acids is 1. The van der Waals surface area contributed by atoms with Crippen LogP contribution in [0.5, 0.6) is 0 Å². The molecule has 0 bridgehead atoms. The van der Waals surface area contributed by atoms with E-state index in [2.05, 4.69) is 0 Å². The maximum Gasteiger partial charge on any atom is 0.338 e. The number of rotatable bonds is 2. The second-order valence-corrected chi connectivity index (χ2v) is 5.96. The standard InChI is InChI=1S/C12H12O4S/c13-11(9-4-2-1-3-5-9)16-10-8-12(10)15-6-7-17(12)14/h1-5,10H,6-8H2/t10-,12-,17?/m0/s1. The van der Waals surface area contributed by atoms with Gasteiger partial charge in [-0.3, -0.25) is 4.21 Å². The van der Waals surface area contributed by atoms with Gasteiger partial charge in [0, 0.05) is 6.42 Å². The smallest absolute Gasteiger partial charge is 0.338 e. The molecule has 0 amide bonds. The van der Waals surface area contributed by atoms with Gasteiger partial charge in [-0.25, -0.2) is 4.79 Å². The summed E-state index contributed by atoms with van der Waals surface area (Å²) in [4.78, 5) is 11.1. The maximum absolute atomic E-state index is 11.8. The van der Waals surface area contributed by atoms with E-state index in [9.17, 15) is 9.00 Å². The van der Waals surface area contributed by atoms with Gasteiger partial charge in [-0.1, -0.05) is 18.2 Å². The molecule has 0 aromatic heterocycles. The molecule has 0 radical (unpaired) electrons. The first-order valence-electron chi connectivity index (χ1n) is 5.51. The maximum atomic E-state index is 11.8. The highest BCUT2D eigenvalue weighted by molar-refractivity contribution is 7.86. The Bertz CT molecular complexity index is 473. The first-order valence-corrected chi connectivity index (χ1v) is 6.83. The molecule has 0 N–H and O–H groups in total. The predicted molar refractivity (Wildman–Crippen MR) is 62.0 cm³/mol. The van der Waals surface area contributed by atoms with E-state index in [0.717, 1.165) is 0 Å². The highest BCUT2D eigenvalue weighted by Gasteiger charge is 2.66. The van der Waals surface area contributed by atoms with E-state index in [0.29, 0.717) is 24.3 Å². The van der Waals surface area contributed by atoms with Crippen LogP contribution in [0, 0.1) is 0 Å². The second kappa shape index (κ2) is 3.92. The third-order valence-electron chi connectivity index (χ3n) is 3.06. The van der Waals surface area contributed by atoms with Gasteiger partial charge in [0.15, 0.2) is 4.93 Å². The fourth-order valence-electron chi connectivity index (χ4n) is 2.02. The van der Waals surface area contributed by atoms with Gasteiger partial charge in [-0.15, -0.1) is 0 Å². The fraction of sp³-hybridized carbons (Fsp3) is 0.417. The van der Waals surface area contributed by atoms with Crippen molar-refractivity contribution in [3.05, 3.63) is 35.9 Å². The molecule has 1 aromatic carbocycles.